The Hall–Kier alpha value is -1.55. The Morgan fingerprint density at radius 2 is 1.86 bits per heavy atom. The molecule has 1 rings (SSSR count). The number of amides is 1. The molecule has 0 aliphatic rings. The van der Waals surface area contributed by atoms with Gasteiger partial charge >= 0.3 is 0 Å². The van der Waals surface area contributed by atoms with Crippen LogP contribution in [0.4, 0.5) is 0 Å². The van der Waals surface area contributed by atoms with E-state index in [1.54, 1.807) is 6.92 Å². The molecule has 1 amide bonds. The summed E-state index contributed by atoms with van der Waals surface area (Å²) in [6, 6.07) is 7.65. The number of hydrogen-bond acceptors (Lipinski definition) is 3. The lowest BCUT2D eigenvalue weighted by Crippen LogP contribution is -2.30. The Morgan fingerprint density at radius 3 is 2.43 bits per heavy atom. The minimum Gasteiger partial charge on any atom is -0.484 e. The van der Waals surface area contributed by atoms with Crippen molar-refractivity contribution < 1.29 is 14.6 Å². The summed E-state index contributed by atoms with van der Waals surface area (Å²) in [5, 5.41) is 12.1. The number of aliphatic hydroxyl groups excluding tert-OH is 1. The molecule has 0 aliphatic heterocycles. The summed E-state index contributed by atoms with van der Waals surface area (Å²) in [6.45, 7) is 6.78. The van der Waals surface area contributed by atoms with Crippen molar-refractivity contribution in [3.8, 4) is 5.75 Å². The monoisotopic (exact) mass is 293 g/mol. The van der Waals surface area contributed by atoms with Crippen LogP contribution in [0.3, 0.4) is 0 Å². The maximum atomic E-state index is 11.6. The Bertz CT molecular complexity index is 413. The molecule has 1 aromatic carbocycles. The third-order valence-corrected chi connectivity index (χ3v) is 3.19. The fraction of sp³-hybridized carbons (Fsp3) is 0.588. The molecule has 4 heteroatoms. The highest BCUT2D eigenvalue weighted by atomic mass is 16.5. The Morgan fingerprint density at radius 1 is 1.19 bits per heavy atom. The van der Waals surface area contributed by atoms with Gasteiger partial charge in [-0.05, 0) is 49.8 Å². The Balaban J connectivity index is 2.27. The number of carbonyl (C=O) groups is 1. The molecule has 0 saturated carbocycles. The fourth-order valence-corrected chi connectivity index (χ4v) is 1.83. The summed E-state index contributed by atoms with van der Waals surface area (Å²) < 4.78 is 5.44. The van der Waals surface area contributed by atoms with Gasteiger partial charge in [-0.15, -0.1) is 0 Å². The second kappa shape index (κ2) is 9.40. The lowest BCUT2D eigenvalue weighted by Gasteiger charge is -2.09. The van der Waals surface area contributed by atoms with Crippen molar-refractivity contribution in [2.75, 3.05) is 13.2 Å². The SMILES string of the molecule is CC(C)CCNC(=O)COc1ccc(CCC(C)O)cc1. The third kappa shape index (κ3) is 8.35. The Kier molecular flexibility index (Phi) is 7.83. The van der Waals surface area contributed by atoms with E-state index in [1.807, 2.05) is 24.3 Å². The number of aryl methyl sites for hydroxylation is 1. The van der Waals surface area contributed by atoms with Crippen molar-refractivity contribution in [3.05, 3.63) is 29.8 Å². The fourth-order valence-electron chi connectivity index (χ4n) is 1.83. The quantitative estimate of drug-likeness (QED) is 0.735. The first-order chi connectivity index (χ1) is 9.97. The molecule has 0 fully saturated rings. The average molecular weight is 293 g/mol. The highest BCUT2D eigenvalue weighted by Gasteiger charge is 2.04. The summed E-state index contributed by atoms with van der Waals surface area (Å²) in [6.07, 6.45) is 2.28. The van der Waals surface area contributed by atoms with Crippen LogP contribution in [0, 0.1) is 5.92 Å². The van der Waals surface area contributed by atoms with E-state index in [9.17, 15) is 9.90 Å². The first-order valence-corrected chi connectivity index (χ1v) is 7.64. The average Bonchev–Trinajstić information content (AvgIpc) is 2.43. The Labute approximate surface area is 127 Å². The highest BCUT2D eigenvalue weighted by molar-refractivity contribution is 5.77. The first kappa shape index (κ1) is 17.5. The summed E-state index contributed by atoms with van der Waals surface area (Å²) in [4.78, 5) is 11.6. The van der Waals surface area contributed by atoms with Crippen molar-refractivity contribution in [1.29, 1.82) is 0 Å². The number of nitrogens with one attached hydrogen (secondary N) is 1. The van der Waals surface area contributed by atoms with Crippen LogP contribution in [-0.2, 0) is 11.2 Å². The molecule has 0 heterocycles. The molecule has 1 unspecified atom stereocenters. The smallest absolute Gasteiger partial charge is 0.257 e. The lowest BCUT2D eigenvalue weighted by molar-refractivity contribution is -0.123. The second-order valence-corrected chi connectivity index (χ2v) is 5.85. The number of benzene rings is 1. The van der Waals surface area contributed by atoms with Crippen molar-refractivity contribution in [2.24, 2.45) is 5.92 Å². The van der Waals surface area contributed by atoms with Gasteiger partial charge in [0.15, 0.2) is 6.61 Å². The van der Waals surface area contributed by atoms with Crippen LogP contribution in [-0.4, -0.2) is 30.3 Å². The summed E-state index contributed by atoms with van der Waals surface area (Å²) in [7, 11) is 0. The van der Waals surface area contributed by atoms with E-state index in [2.05, 4.69) is 19.2 Å². The molecule has 1 aromatic rings. The number of ether oxygens (including phenoxy) is 1. The number of carbonyl (C=O) groups excluding carboxylic acids is 1. The number of hydrogen-bond donors (Lipinski definition) is 2. The van der Waals surface area contributed by atoms with Gasteiger partial charge < -0.3 is 15.2 Å². The van der Waals surface area contributed by atoms with Gasteiger partial charge in [0.1, 0.15) is 5.75 Å². The molecular formula is C17H27NO3. The molecule has 21 heavy (non-hydrogen) atoms. The maximum Gasteiger partial charge on any atom is 0.257 e. The molecule has 0 saturated heterocycles. The van der Waals surface area contributed by atoms with Gasteiger partial charge in [-0.2, -0.15) is 0 Å². The van der Waals surface area contributed by atoms with E-state index in [1.165, 1.54) is 0 Å². The molecule has 0 spiro atoms. The molecule has 2 N–H and O–H groups in total. The van der Waals surface area contributed by atoms with Crippen LogP contribution in [0.15, 0.2) is 24.3 Å². The summed E-state index contributed by atoms with van der Waals surface area (Å²) in [5.74, 6) is 1.18. The summed E-state index contributed by atoms with van der Waals surface area (Å²) in [5.41, 5.74) is 1.16. The van der Waals surface area contributed by atoms with E-state index >= 15 is 0 Å². The predicted octanol–water partition coefficient (Wildman–Crippen LogP) is 2.54. The summed E-state index contributed by atoms with van der Waals surface area (Å²) >= 11 is 0. The van der Waals surface area contributed by atoms with E-state index in [4.69, 9.17) is 4.74 Å². The van der Waals surface area contributed by atoms with Gasteiger partial charge in [-0.25, -0.2) is 0 Å². The van der Waals surface area contributed by atoms with Gasteiger partial charge in [0.05, 0.1) is 6.10 Å². The first-order valence-electron chi connectivity index (χ1n) is 7.64. The van der Waals surface area contributed by atoms with E-state index in [0.29, 0.717) is 18.2 Å². The van der Waals surface area contributed by atoms with Crippen molar-refractivity contribution in [3.63, 3.8) is 0 Å². The molecule has 0 aliphatic carbocycles. The zero-order valence-electron chi connectivity index (χ0n) is 13.3. The molecule has 4 nitrogen and oxygen atoms in total. The maximum absolute atomic E-state index is 11.6. The van der Waals surface area contributed by atoms with Crippen molar-refractivity contribution >= 4 is 5.91 Å². The topological polar surface area (TPSA) is 58.6 Å². The van der Waals surface area contributed by atoms with Crippen LogP contribution in [0.1, 0.15) is 39.2 Å². The molecule has 0 bridgehead atoms. The molecule has 0 radical (unpaired) electrons. The second-order valence-electron chi connectivity index (χ2n) is 5.85. The molecule has 118 valence electrons. The standard InChI is InChI=1S/C17H27NO3/c1-13(2)10-11-18-17(20)12-21-16-8-6-15(7-9-16)5-4-14(3)19/h6-9,13-14,19H,4-5,10-12H2,1-3H3,(H,18,20). The van der Waals surface area contributed by atoms with Gasteiger partial charge in [0, 0.05) is 6.54 Å². The minimum absolute atomic E-state index is 0.0467. The van der Waals surface area contributed by atoms with E-state index < -0.39 is 0 Å². The predicted molar refractivity (Wildman–Crippen MR) is 84.4 cm³/mol. The molecular weight excluding hydrogens is 266 g/mol. The van der Waals surface area contributed by atoms with Crippen molar-refractivity contribution in [1.82, 2.24) is 5.32 Å². The zero-order chi connectivity index (χ0) is 15.7. The van der Waals surface area contributed by atoms with Crippen LogP contribution in [0.5, 0.6) is 5.75 Å². The van der Waals surface area contributed by atoms with E-state index in [-0.39, 0.29) is 18.6 Å². The highest BCUT2D eigenvalue weighted by Crippen LogP contribution is 2.13. The largest absolute Gasteiger partial charge is 0.484 e. The number of rotatable bonds is 9. The van der Waals surface area contributed by atoms with Crippen LogP contribution in [0.25, 0.3) is 0 Å². The normalized spacial score (nSPS) is 12.2. The van der Waals surface area contributed by atoms with Gasteiger partial charge in [0.2, 0.25) is 0 Å². The van der Waals surface area contributed by atoms with Crippen molar-refractivity contribution in [2.45, 2.75) is 46.1 Å². The van der Waals surface area contributed by atoms with Crippen LogP contribution >= 0.6 is 0 Å². The van der Waals surface area contributed by atoms with E-state index in [0.717, 1.165) is 24.8 Å². The molecule has 0 aromatic heterocycles. The van der Waals surface area contributed by atoms with Gasteiger partial charge in [0.25, 0.3) is 5.91 Å². The third-order valence-electron chi connectivity index (χ3n) is 3.19. The molecule has 1 atom stereocenters. The van der Waals surface area contributed by atoms with Gasteiger partial charge in [-0.1, -0.05) is 26.0 Å². The number of aliphatic hydroxyl groups is 1. The zero-order valence-corrected chi connectivity index (χ0v) is 13.3. The van der Waals surface area contributed by atoms with Crippen LogP contribution in [0.2, 0.25) is 0 Å². The van der Waals surface area contributed by atoms with Gasteiger partial charge in [-0.3, -0.25) is 4.79 Å². The minimum atomic E-state index is -0.282. The van der Waals surface area contributed by atoms with Crippen LogP contribution < -0.4 is 10.1 Å². The lowest BCUT2D eigenvalue weighted by atomic mass is 10.1.